The molecule has 2 aromatic rings. The van der Waals surface area contributed by atoms with Crippen LogP contribution in [0.3, 0.4) is 0 Å². The molecule has 1 unspecified atom stereocenters. The summed E-state index contributed by atoms with van der Waals surface area (Å²) in [7, 11) is -4.47. The number of aliphatic hydroxyl groups is 2. The number of nitrogens with zero attached hydrogens (tertiary/aromatic N) is 5. The number of rotatable bonds is 11. The highest BCUT2D eigenvalue weighted by Crippen LogP contribution is 2.48. The van der Waals surface area contributed by atoms with E-state index >= 15 is 0 Å². The monoisotopic (exact) mass is 553 g/mol. The number of nitrogens with one attached hydrogen (secondary N) is 1. The average molecular weight is 553 g/mol. The first-order valence-corrected chi connectivity index (χ1v) is 12.9. The van der Waals surface area contributed by atoms with Crippen molar-refractivity contribution >= 4 is 19.5 Å². The van der Waals surface area contributed by atoms with Crippen LogP contribution in [0.5, 0.6) is 5.75 Å². The second-order valence-electron chi connectivity index (χ2n) is 8.53. The highest BCUT2D eigenvalue weighted by Gasteiger charge is 2.56. The van der Waals surface area contributed by atoms with Gasteiger partial charge < -0.3 is 29.9 Å². The van der Waals surface area contributed by atoms with Crippen molar-refractivity contribution in [2.75, 3.05) is 12.3 Å². The number of hydrogen-bond donors (Lipinski definition) is 4. The maximum atomic E-state index is 13.7. The second kappa shape index (κ2) is 11.9. The Morgan fingerprint density at radius 2 is 2.03 bits per heavy atom. The number of nitrogens with two attached hydrogens (primary N) is 1. The molecule has 5 N–H and O–H groups in total. The van der Waals surface area contributed by atoms with E-state index in [9.17, 15) is 24.4 Å². The first kappa shape index (κ1) is 29.1. The molecule has 1 aliphatic rings. The van der Waals surface area contributed by atoms with E-state index < -0.39 is 62.3 Å². The predicted octanol–water partition coefficient (Wildman–Crippen LogP) is 1.22. The lowest BCUT2D eigenvalue weighted by atomic mass is 10.1. The number of carbonyl (C=O) groups excluding carboxylic acids is 1. The Bertz CT molecular complexity index is 1290. The minimum absolute atomic E-state index is 0.0934. The summed E-state index contributed by atoms with van der Waals surface area (Å²) in [5.74, 6) is -0.761. The van der Waals surface area contributed by atoms with Crippen LogP contribution < -0.4 is 21.0 Å². The number of benzene rings is 1. The maximum absolute atomic E-state index is 13.7. The fraction of sp³-hybridized carbons (Fsp3) is 0.476. The van der Waals surface area contributed by atoms with Gasteiger partial charge in [-0.1, -0.05) is 23.3 Å². The smallest absolute Gasteiger partial charge is 0.459 e. The van der Waals surface area contributed by atoms with Crippen LogP contribution in [-0.2, 0) is 23.4 Å². The Balaban J connectivity index is 1.90. The third-order valence-corrected chi connectivity index (χ3v) is 6.83. The van der Waals surface area contributed by atoms with E-state index in [1.807, 2.05) is 0 Å². The summed E-state index contributed by atoms with van der Waals surface area (Å²) in [6, 6.07) is 7.88. The van der Waals surface area contributed by atoms with Crippen molar-refractivity contribution in [3.8, 4) is 5.75 Å². The van der Waals surface area contributed by atoms with E-state index in [2.05, 4.69) is 20.1 Å². The van der Waals surface area contributed by atoms with E-state index in [0.29, 0.717) is 0 Å². The van der Waals surface area contributed by atoms with Gasteiger partial charge in [0, 0.05) is 11.1 Å². The van der Waals surface area contributed by atoms with Crippen LogP contribution in [0.15, 0.2) is 52.5 Å². The minimum Gasteiger partial charge on any atom is -0.462 e. The summed E-state index contributed by atoms with van der Waals surface area (Å²) in [5, 5.41) is 27.3. The number of esters is 1. The summed E-state index contributed by atoms with van der Waals surface area (Å²) >= 11 is 0. The Kier molecular flexibility index (Phi) is 9.12. The van der Waals surface area contributed by atoms with E-state index in [-0.39, 0.29) is 11.6 Å². The van der Waals surface area contributed by atoms with Gasteiger partial charge in [0.05, 0.1) is 12.7 Å². The standard InChI is InChI=1S/C21H28N7O9P/c1-12(2)35-19(31)13(3)25-38(33,37-14-7-5-4-6-8-14)34-11-21(26-27-23)17(30)16(29)18(36-21)28-10-9-15(22)24-20(28)32/h4-10,12-13,16-18,29-30H,11H2,1-3H3,(H,25,33)(H2,22,24,32)/t13-,16-,17-,18+,21+,38?/m0/s1. The molecule has 0 saturated carbocycles. The Hall–Kier alpha value is -3.49. The number of ether oxygens (including phenoxy) is 2. The van der Waals surface area contributed by atoms with Crippen LogP contribution in [0, 0.1) is 0 Å². The van der Waals surface area contributed by atoms with Gasteiger partial charge in [-0.15, -0.1) is 0 Å². The number of aliphatic hydroxyl groups excluding tert-OH is 2. The lowest BCUT2D eigenvalue weighted by Crippen LogP contribution is -2.45. The summed E-state index contributed by atoms with van der Waals surface area (Å²) in [6.07, 6.45) is -4.65. The van der Waals surface area contributed by atoms with Crippen LogP contribution >= 0.6 is 7.75 Å². The molecule has 0 spiro atoms. The fourth-order valence-corrected chi connectivity index (χ4v) is 4.94. The molecule has 17 heteroatoms. The van der Waals surface area contributed by atoms with Gasteiger partial charge in [-0.3, -0.25) is 13.9 Å². The molecule has 0 bridgehead atoms. The van der Waals surface area contributed by atoms with Gasteiger partial charge in [0.1, 0.15) is 29.8 Å². The average Bonchev–Trinajstić information content (AvgIpc) is 3.09. The van der Waals surface area contributed by atoms with Gasteiger partial charge in [-0.2, -0.15) is 10.1 Å². The van der Waals surface area contributed by atoms with Gasteiger partial charge >= 0.3 is 19.4 Å². The lowest BCUT2D eigenvalue weighted by molar-refractivity contribution is -0.149. The molecule has 38 heavy (non-hydrogen) atoms. The van der Waals surface area contributed by atoms with E-state index in [1.54, 1.807) is 32.0 Å². The van der Waals surface area contributed by atoms with Gasteiger partial charge in [-0.05, 0) is 44.5 Å². The van der Waals surface area contributed by atoms with Gasteiger partial charge in [-0.25, -0.2) is 9.36 Å². The van der Waals surface area contributed by atoms with Crippen molar-refractivity contribution in [1.82, 2.24) is 14.6 Å². The number of para-hydroxylation sites is 1. The molecule has 3 rings (SSSR count). The van der Waals surface area contributed by atoms with Crippen LogP contribution in [0.2, 0.25) is 0 Å². The molecular weight excluding hydrogens is 525 g/mol. The quantitative estimate of drug-likeness (QED) is 0.101. The first-order chi connectivity index (χ1) is 17.9. The number of azide groups is 1. The fourth-order valence-electron chi connectivity index (χ4n) is 3.43. The summed E-state index contributed by atoms with van der Waals surface area (Å²) in [4.78, 5) is 30.8. The molecule has 16 nitrogen and oxygen atoms in total. The maximum Gasteiger partial charge on any atom is 0.459 e. The van der Waals surface area contributed by atoms with Crippen LogP contribution in [-0.4, -0.2) is 62.4 Å². The van der Waals surface area contributed by atoms with Crippen molar-refractivity contribution in [3.63, 3.8) is 0 Å². The van der Waals surface area contributed by atoms with Gasteiger partial charge in [0.25, 0.3) is 0 Å². The normalized spacial score (nSPS) is 25.3. The number of aromatic nitrogens is 2. The SMILES string of the molecule is CC(C)OC(=O)[C@H](C)NP(=O)(OC[C@@]1(N=[N+]=[N-])O[C@@H](n2ccc(N)nc2=O)[C@@H](O)[C@@H]1O)Oc1ccccc1. The minimum atomic E-state index is -4.47. The summed E-state index contributed by atoms with van der Waals surface area (Å²) < 4.78 is 36.3. The van der Waals surface area contributed by atoms with Crippen molar-refractivity contribution in [1.29, 1.82) is 0 Å². The molecule has 2 heterocycles. The second-order valence-corrected chi connectivity index (χ2v) is 10.2. The number of nitrogen functional groups attached to an aromatic ring is 1. The molecule has 1 aromatic carbocycles. The lowest BCUT2D eigenvalue weighted by Gasteiger charge is -2.29. The molecule has 1 fully saturated rings. The molecule has 1 aromatic heterocycles. The van der Waals surface area contributed by atoms with E-state index in [4.69, 9.17) is 29.8 Å². The topological polar surface area (TPSA) is 233 Å². The zero-order chi connectivity index (χ0) is 28.1. The number of anilines is 1. The van der Waals surface area contributed by atoms with Crippen molar-refractivity contribution < 1.29 is 38.1 Å². The highest BCUT2D eigenvalue weighted by molar-refractivity contribution is 7.52. The third-order valence-electron chi connectivity index (χ3n) is 5.21. The largest absolute Gasteiger partial charge is 0.462 e. The Morgan fingerprint density at radius 1 is 1.34 bits per heavy atom. The van der Waals surface area contributed by atoms with Crippen LogP contribution in [0.4, 0.5) is 5.82 Å². The van der Waals surface area contributed by atoms with Crippen LogP contribution in [0.25, 0.3) is 10.4 Å². The number of hydrogen-bond acceptors (Lipinski definition) is 12. The molecular formula is C21H28N7O9P. The molecule has 1 saturated heterocycles. The third kappa shape index (κ3) is 6.68. The Morgan fingerprint density at radius 3 is 2.63 bits per heavy atom. The molecule has 1 aliphatic heterocycles. The molecule has 0 radical (unpaired) electrons. The molecule has 0 aliphatic carbocycles. The summed E-state index contributed by atoms with van der Waals surface area (Å²) in [6.45, 7) is 3.69. The zero-order valence-electron chi connectivity index (χ0n) is 20.6. The van der Waals surface area contributed by atoms with E-state index in [1.165, 1.54) is 25.1 Å². The first-order valence-electron chi connectivity index (χ1n) is 11.3. The Labute approximate surface area is 216 Å². The van der Waals surface area contributed by atoms with Crippen molar-refractivity contribution in [3.05, 3.63) is 63.5 Å². The van der Waals surface area contributed by atoms with Crippen molar-refractivity contribution in [2.45, 2.75) is 57.1 Å². The summed E-state index contributed by atoms with van der Waals surface area (Å²) in [5.41, 5.74) is 11.4. The number of carbonyl (C=O) groups is 1. The van der Waals surface area contributed by atoms with Gasteiger partial charge in [0.2, 0.25) is 5.72 Å². The zero-order valence-corrected chi connectivity index (χ0v) is 21.5. The predicted molar refractivity (Wildman–Crippen MR) is 131 cm³/mol. The molecule has 6 atom stereocenters. The molecule has 206 valence electrons. The van der Waals surface area contributed by atoms with Crippen LogP contribution in [0.1, 0.15) is 27.0 Å². The molecule has 0 amide bonds. The highest BCUT2D eigenvalue weighted by atomic mass is 31.2. The van der Waals surface area contributed by atoms with Gasteiger partial charge in [0.15, 0.2) is 6.23 Å². The van der Waals surface area contributed by atoms with Crippen molar-refractivity contribution in [2.24, 2.45) is 5.11 Å². The van der Waals surface area contributed by atoms with E-state index in [0.717, 1.165) is 10.8 Å².